The maximum atomic E-state index is 5.93. The smallest absolute Gasteiger partial charge is 0.159 e. The molecule has 0 aliphatic heterocycles. The number of para-hydroxylation sites is 1. The average Bonchev–Trinajstić information content (AvgIpc) is 2.55. The molecular formula is C11H9N3. The van der Waals surface area contributed by atoms with Gasteiger partial charge in [-0.2, -0.15) is 0 Å². The molecule has 3 heteroatoms. The molecule has 3 rings (SSSR count). The van der Waals surface area contributed by atoms with Gasteiger partial charge in [-0.15, -0.1) is 0 Å². The minimum atomic E-state index is 0.828. The van der Waals surface area contributed by atoms with Crippen LogP contribution in [-0.4, -0.2) is 9.66 Å². The van der Waals surface area contributed by atoms with Crippen LogP contribution >= 0.6 is 0 Å². The molecule has 0 saturated heterocycles. The highest BCUT2D eigenvalue weighted by atomic mass is 15.3. The normalized spacial score (nSPS) is 11.1. The van der Waals surface area contributed by atoms with E-state index >= 15 is 0 Å². The summed E-state index contributed by atoms with van der Waals surface area (Å²) in [7, 11) is 0. The first kappa shape index (κ1) is 7.38. The average molecular weight is 183 g/mol. The Morgan fingerprint density at radius 3 is 2.71 bits per heavy atom. The van der Waals surface area contributed by atoms with E-state index in [1.54, 1.807) is 10.9 Å². The first-order valence-corrected chi connectivity index (χ1v) is 4.47. The van der Waals surface area contributed by atoms with Crippen molar-refractivity contribution in [2.75, 3.05) is 5.84 Å². The minimum absolute atomic E-state index is 0.828. The van der Waals surface area contributed by atoms with E-state index in [2.05, 4.69) is 11.1 Å². The molecule has 0 amide bonds. The van der Waals surface area contributed by atoms with Crippen LogP contribution in [-0.2, 0) is 0 Å². The zero-order chi connectivity index (χ0) is 9.54. The van der Waals surface area contributed by atoms with Crippen LogP contribution in [0.2, 0.25) is 0 Å². The second-order valence-corrected chi connectivity index (χ2v) is 3.26. The Bertz CT molecular complexity index is 557. The van der Waals surface area contributed by atoms with Gasteiger partial charge in [-0.3, -0.25) is 0 Å². The highest BCUT2D eigenvalue weighted by molar-refractivity contribution is 6.06. The van der Waals surface area contributed by atoms with Crippen LogP contribution in [0.3, 0.4) is 0 Å². The van der Waals surface area contributed by atoms with Crippen molar-refractivity contribution in [2.45, 2.75) is 0 Å². The molecule has 0 aliphatic rings. The van der Waals surface area contributed by atoms with Gasteiger partial charge in [0.15, 0.2) is 5.65 Å². The summed E-state index contributed by atoms with van der Waals surface area (Å²) >= 11 is 0. The lowest BCUT2D eigenvalue weighted by molar-refractivity contribution is 1.08. The first-order valence-electron chi connectivity index (χ1n) is 4.47. The summed E-state index contributed by atoms with van der Waals surface area (Å²) in [5.74, 6) is 5.93. The summed E-state index contributed by atoms with van der Waals surface area (Å²) in [5, 5.41) is 2.25. The van der Waals surface area contributed by atoms with E-state index in [9.17, 15) is 0 Å². The van der Waals surface area contributed by atoms with Crippen molar-refractivity contribution in [3.8, 4) is 0 Å². The van der Waals surface area contributed by atoms with Gasteiger partial charge in [-0.1, -0.05) is 18.2 Å². The Balaban J connectivity index is 2.69. The lowest BCUT2D eigenvalue weighted by Gasteiger charge is -1.94. The van der Waals surface area contributed by atoms with Crippen molar-refractivity contribution in [1.82, 2.24) is 9.66 Å². The maximum absolute atomic E-state index is 5.93. The van der Waals surface area contributed by atoms with E-state index in [1.165, 1.54) is 0 Å². The summed E-state index contributed by atoms with van der Waals surface area (Å²) in [6.45, 7) is 0. The third kappa shape index (κ3) is 0.785. The van der Waals surface area contributed by atoms with E-state index in [0.29, 0.717) is 0 Å². The van der Waals surface area contributed by atoms with E-state index in [4.69, 9.17) is 5.84 Å². The predicted molar refractivity (Wildman–Crippen MR) is 57.4 cm³/mol. The molecule has 2 N–H and O–H groups in total. The fraction of sp³-hybridized carbons (Fsp3) is 0. The van der Waals surface area contributed by atoms with Gasteiger partial charge in [-0.05, 0) is 18.2 Å². The number of fused-ring (bicyclic) bond motifs is 3. The standard InChI is InChI=1S/C11H9N3/c12-14-10-6-2-1-4-8(10)9-5-3-7-13-11(9)14/h1-7H,12H2. The zero-order valence-corrected chi connectivity index (χ0v) is 7.51. The number of aromatic nitrogens is 2. The Morgan fingerprint density at radius 2 is 1.79 bits per heavy atom. The highest BCUT2D eigenvalue weighted by Gasteiger charge is 2.07. The summed E-state index contributed by atoms with van der Waals surface area (Å²) in [5.41, 5.74) is 1.84. The predicted octanol–water partition coefficient (Wildman–Crippen LogP) is 1.90. The number of rotatable bonds is 0. The molecule has 0 saturated carbocycles. The Kier molecular flexibility index (Phi) is 1.31. The van der Waals surface area contributed by atoms with Crippen LogP contribution in [0.25, 0.3) is 21.9 Å². The number of nitrogens with two attached hydrogens (primary N) is 1. The fourth-order valence-electron chi connectivity index (χ4n) is 1.82. The van der Waals surface area contributed by atoms with E-state index < -0.39 is 0 Å². The molecular weight excluding hydrogens is 174 g/mol. The Hall–Kier alpha value is -2.03. The SMILES string of the molecule is Nn1c2ccccc2c2cccnc21. The van der Waals surface area contributed by atoms with Gasteiger partial charge in [-0.25, -0.2) is 9.66 Å². The topological polar surface area (TPSA) is 43.8 Å². The van der Waals surface area contributed by atoms with Gasteiger partial charge < -0.3 is 5.84 Å². The number of hydrogen-bond acceptors (Lipinski definition) is 2. The lowest BCUT2D eigenvalue weighted by atomic mass is 10.2. The molecule has 0 spiro atoms. The molecule has 1 aromatic carbocycles. The molecule has 2 aromatic heterocycles. The van der Waals surface area contributed by atoms with Crippen molar-refractivity contribution in [1.29, 1.82) is 0 Å². The molecule has 0 unspecified atom stereocenters. The third-order valence-electron chi connectivity index (χ3n) is 2.47. The molecule has 0 aliphatic carbocycles. The summed E-state index contributed by atoms with van der Waals surface area (Å²) in [6.07, 6.45) is 1.75. The second-order valence-electron chi connectivity index (χ2n) is 3.26. The van der Waals surface area contributed by atoms with Crippen LogP contribution < -0.4 is 5.84 Å². The molecule has 2 heterocycles. The number of hydrogen-bond donors (Lipinski definition) is 1. The van der Waals surface area contributed by atoms with Gasteiger partial charge >= 0.3 is 0 Å². The Morgan fingerprint density at radius 1 is 1.00 bits per heavy atom. The highest BCUT2D eigenvalue weighted by Crippen LogP contribution is 2.24. The third-order valence-corrected chi connectivity index (χ3v) is 2.47. The molecule has 0 bridgehead atoms. The lowest BCUT2D eigenvalue weighted by Crippen LogP contribution is -2.07. The van der Waals surface area contributed by atoms with Crippen LogP contribution in [0, 0.1) is 0 Å². The Labute approximate surface area is 80.7 Å². The maximum Gasteiger partial charge on any atom is 0.159 e. The van der Waals surface area contributed by atoms with Gasteiger partial charge in [0.2, 0.25) is 0 Å². The van der Waals surface area contributed by atoms with Gasteiger partial charge in [0.1, 0.15) is 0 Å². The van der Waals surface area contributed by atoms with Crippen molar-refractivity contribution in [3.63, 3.8) is 0 Å². The zero-order valence-electron chi connectivity index (χ0n) is 7.51. The molecule has 3 nitrogen and oxygen atoms in total. The summed E-state index contributed by atoms with van der Waals surface area (Å²) in [6, 6.07) is 12.0. The van der Waals surface area contributed by atoms with Crippen molar-refractivity contribution < 1.29 is 0 Å². The van der Waals surface area contributed by atoms with Crippen molar-refractivity contribution >= 4 is 21.9 Å². The second kappa shape index (κ2) is 2.48. The summed E-state index contributed by atoms with van der Waals surface area (Å²) < 4.78 is 1.63. The number of nitrogen functional groups attached to an aromatic ring is 1. The molecule has 14 heavy (non-hydrogen) atoms. The van der Waals surface area contributed by atoms with Crippen molar-refractivity contribution in [2.24, 2.45) is 0 Å². The molecule has 0 atom stereocenters. The monoisotopic (exact) mass is 183 g/mol. The van der Waals surface area contributed by atoms with Crippen LogP contribution in [0.4, 0.5) is 0 Å². The molecule has 0 fully saturated rings. The van der Waals surface area contributed by atoms with E-state index in [0.717, 1.165) is 21.9 Å². The van der Waals surface area contributed by atoms with E-state index in [-0.39, 0.29) is 0 Å². The minimum Gasteiger partial charge on any atom is -0.337 e. The number of nitrogens with zero attached hydrogens (tertiary/aromatic N) is 2. The molecule has 0 radical (unpaired) electrons. The van der Waals surface area contributed by atoms with Gasteiger partial charge in [0, 0.05) is 17.0 Å². The first-order chi connectivity index (χ1) is 6.88. The van der Waals surface area contributed by atoms with Crippen LogP contribution in [0.15, 0.2) is 42.6 Å². The van der Waals surface area contributed by atoms with Crippen molar-refractivity contribution in [3.05, 3.63) is 42.6 Å². The van der Waals surface area contributed by atoms with Crippen LogP contribution in [0.5, 0.6) is 0 Å². The number of benzene rings is 1. The largest absolute Gasteiger partial charge is 0.337 e. The van der Waals surface area contributed by atoms with Gasteiger partial charge in [0.25, 0.3) is 0 Å². The van der Waals surface area contributed by atoms with Crippen LogP contribution in [0.1, 0.15) is 0 Å². The number of pyridine rings is 1. The summed E-state index contributed by atoms with van der Waals surface area (Å²) in [4.78, 5) is 4.26. The molecule has 68 valence electrons. The fourth-order valence-corrected chi connectivity index (χ4v) is 1.82. The molecule has 3 aromatic rings. The van der Waals surface area contributed by atoms with E-state index in [1.807, 2.05) is 30.3 Å². The van der Waals surface area contributed by atoms with Gasteiger partial charge in [0.05, 0.1) is 5.52 Å². The quantitative estimate of drug-likeness (QED) is 0.541.